The summed E-state index contributed by atoms with van der Waals surface area (Å²) in [5.74, 6) is 0.781. The number of fused-ring (bicyclic) bond motifs is 4. The van der Waals surface area contributed by atoms with Crippen LogP contribution in [0.15, 0.2) is 6.20 Å². The van der Waals surface area contributed by atoms with E-state index < -0.39 is 12.1 Å². The fourth-order valence-corrected chi connectivity index (χ4v) is 5.63. The Morgan fingerprint density at radius 3 is 2.41 bits per heavy atom. The number of carboxylic acid groups (broad SMARTS) is 1. The Morgan fingerprint density at radius 2 is 1.78 bits per heavy atom. The fourth-order valence-electron chi connectivity index (χ4n) is 5.63. The first-order chi connectivity index (χ1) is 15.2. The van der Waals surface area contributed by atoms with Crippen LogP contribution in [0.2, 0.25) is 0 Å². The summed E-state index contributed by atoms with van der Waals surface area (Å²) in [5.41, 5.74) is 2.53. The van der Waals surface area contributed by atoms with Crippen molar-refractivity contribution >= 4 is 17.8 Å². The molecule has 32 heavy (non-hydrogen) atoms. The number of aliphatic carboxylic acids is 1. The van der Waals surface area contributed by atoms with Crippen molar-refractivity contribution in [2.24, 2.45) is 23.7 Å². The Morgan fingerprint density at radius 1 is 1.12 bits per heavy atom. The van der Waals surface area contributed by atoms with Crippen molar-refractivity contribution in [3.8, 4) is 0 Å². The van der Waals surface area contributed by atoms with Gasteiger partial charge in [-0.15, -0.1) is 0 Å². The number of rotatable bonds is 2. The van der Waals surface area contributed by atoms with Gasteiger partial charge in [-0.2, -0.15) is 13.2 Å². The molecule has 0 bridgehead atoms. The van der Waals surface area contributed by atoms with Gasteiger partial charge >= 0.3 is 12.1 Å². The topological polar surface area (TPSA) is 95.9 Å². The molecule has 5 atom stereocenters. The van der Waals surface area contributed by atoms with Crippen molar-refractivity contribution < 1.29 is 32.6 Å². The van der Waals surface area contributed by atoms with Crippen molar-refractivity contribution in [1.82, 2.24) is 14.9 Å². The molecule has 3 saturated heterocycles. The van der Waals surface area contributed by atoms with E-state index in [0.717, 1.165) is 51.8 Å². The zero-order valence-corrected chi connectivity index (χ0v) is 17.4. The molecule has 1 aromatic heterocycles. The molecule has 11 heteroatoms. The van der Waals surface area contributed by atoms with Crippen molar-refractivity contribution in [2.45, 2.75) is 31.4 Å². The van der Waals surface area contributed by atoms with Gasteiger partial charge < -0.3 is 19.6 Å². The lowest BCUT2D eigenvalue weighted by Crippen LogP contribution is -2.32. The van der Waals surface area contributed by atoms with Crippen LogP contribution < -0.4 is 4.90 Å². The molecular weight excluding hydrogens is 429 g/mol. The summed E-state index contributed by atoms with van der Waals surface area (Å²) >= 11 is 0. The van der Waals surface area contributed by atoms with E-state index in [1.807, 2.05) is 6.20 Å². The Balaban J connectivity index is 0.000000272. The van der Waals surface area contributed by atoms with Crippen molar-refractivity contribution in [1.29, 1.82) is 0 Å². The van der Waals surface area contributed by atoms with Gasteiger partial charge in [0.05, 0.1) is 13.2 Å². The molecule has 0 radical (unpaired) electrons. The van der Waals surface area contributed by atoms with Crippen LogP contribution in [0.4, 0.5) is 19.1 Å². The third-order valence-electron chi connectivity index (χ3n) is 7.36. The molecule has 2 aliphatic carbocycles. The van der Waals surface area contributed by atoms with Crippen molar-refractivity contribution in [3.05, 3.63) is 17.5 Å². The van der Waals surface area contributed by atoms with Gasteiger partial charge in [0.25, 0.3) is 0 Å². The lowest BCUT2D eigenvalue weighted by Gasteiger charge is -2.20. The minimum absolute atomic E-state index is 0.251. The van der Waals surface area contributed by atoms with E-state index >= 15 is 0 Å². The first-order valence-corrected chi connectivity index (χ1v) is 11.0. The molecule has 1 saturated carbocycles. The number of amides is 1. The van der Waals surface area contributed by atoms with E-state index in [0.29, 0.717) is 29.6 Å². The maximum Gasteiger partial charge on any atom is 0.490 e. The molecule has 4 heterocycles. The first-order valence-electron chi connectivity index (χ1n) is 11.0. The van der Waals surface area contributed by atoms with Gasteiger partial charge in [-0.3, -0.25) is 4.79 Å². The zero-order chi connectivity index (χ0) is 22.6. The average molecular weight is 454 g/mol. The highest BCUT2D eigenvalue weighted by molar-refractivity contribution is 5.83. The molecule has 1 aromatic rings. The highest BCUT2D eigenvalue weighted by Crippen LogP contribution is 2.53. The molecule has 5 aliphatic rings. The Labute approximate surface area is 182 Å². The number of ether oxygens (including phenoxy) is 1. The summed E-state index contributed by atoms with van der Waals surface area (Å²) in [6, 6.07) is 0. The smallest absolute Gasteiger partial charge is 0.475 e. The van der Waals surface area contributed by atoms with Gasteiger partial charge in [0.1, 0.15) is 0 Å². The third-order valence-corrected chi connectivity index (χ3v) is 7.36. The number of carbonyl (C=O) groups is 2. The predicted molar refractivity (Wildman–Crippen MR) is 105 cm³/mol. The number of nitrogens with zero attached hydrogens (tertiary/aromatic N) is 4. The van der Waals surface area contributed by atoms with E-state index in [4.69, 9.17) is 19.6 Å². The van der Waals surface area contributed by atoms with Crippen LogP contribution in [0.25, 0.3) is 0 Å². The summed E-state index contributed by atoms with van der Waals surface area (Å²) < 4.78 is 37.2. The second-order valence-corrected chi connectivity index (χ2v) is 9.27. The number of hydrogen-bond donors (Lipinski definition) is 1. The fraction of sp³-hybridized carbons (Fsp3) is 0.714. The normalized spacial score (nSPS) is 32.2. The summed E-state index contributed by atoms with van der Waals surface area (Å²) in [4.78, 5) is 35.7. The maximum absolute atomic E-state index is 12.8. The summed E-state index contributed by atoms with van der Waals surface area (Å²) in [7, 11) is 0. The van der Waals surface area contributed by atoms with E-state index in [1.165, 1.54) is 24.1 Å². The average Bonchev–Trinajstić information content (AvgIpc) is 3.32. The minimum atomic E-state index is -5.08. The van der Waals surface area contributed by atoms with Crippen LogP contribution in [0.1, 0.15) is 30.0 Å². The van der Waals surface area contributed by atoms with E-state index in [2.05, 4.69) is 14.8 Å². The predicted octanol–water partition coefficient (Wildman–Crippen LogP) is 1.70. The standard InChI is InChI=1S/C19H24N4O2.C2HF3O2/c24-18(17-14-9-25-10-15(14)17)23-7-11-5-16-12(13(11)8-23)6-20-19(21-16)22-3-1-2-4-22;3-2(4,5)1(6)7/h6,11,13-15,17H,1-5,7-10H2;(H,6,7)/t11?,13?,14-,15+,17?;. The van der Waals surface area contributed by atoms with Crippen LogP contribution in [0, 0.1) is 23.7 Å². The second kappa shape index (κ2) is 7.86. The van der Waals surface area contributed by atoms with Gasteiger partial charge in [-0.25, -0.2) is 14.8 Å². The number of aromatic nitrogens is 2. The highest BCUT2D eigenvalue weighted by atomic mass is 19.4. The van der Waals surface area contributed by atoms with Crippen LogP contribution in [0.3, 0.4) is 0 Å². The van der Waals surface area contributed by atoms with Crippen molar-refractivity contribution in [3.63, 3.8) is 0 Å². The number of carboxylic acids is 1. The molecule has 174 valence electrons. The summed E-state index contributed by atoms with van der Waals surface area (Å²) in [6.07, 6.45) is 0.468. The van der Waals surface area contributed by atoms with E-state index in [1.54, 1.807) is 0 Å². The molecule has 4 fully saturated rings. The zero-order valence-electron chi connectivity index (χ0n) is 17.4. The van der Waals surface area contributed by atoms with Crippen molar-refractivity contribution in [2.75, 3.05) is 44.3 Å². The number of carbonyl (C=O) groups excluding carboxylic acids is 1. The lowest BCUT2D eigenvalue weighted by molar-refractivity contribution is -0.192. The lowest BCUT2D eigenvalue weighted by atomic mass is 9.98. The number of alkyl halides is 3. The number of anilines is 1. The molecule has 6 rings (SSSR count). The number of halogens is 3. The van der Waals surface area contributed by atoms with E-state index in [9.17, 15) is 18.0 Å². The van der Waals surface area contributed by atoms with Crippen LogP contribution in [0.5, 0.6) is 0 Å². The largest absolute Gasteiger partial charge is 0.490 e. The SMILES string of the molecule is O=C(C1[C@H]2COC[C@@H]12)N1CC2Cc3nc(N4CCCC4)ncc3C2C1.O=C(O)C(F)(F)F. The third kappa shape index (κ3) is 3.80. The van der Waals surface area contributed by atoms with Crippen LogP contribution >= 0.6 is 0 Å². The maximum atomic E-state index is 12.8. The van der Waals surface area contributed by atoms with Crippen LogP contribution in [-0.2, 0) is 20.7 Å². The van der Waals surface area contributed by atoms with Gasteiger partial charge in [0.15, 0.2) is 0 Å². The minimum Gasteiger partial charge on any atom is -0.475 e. The molecule has 3 aliphatic heterocycles. The molecule has 0 spiro atoms. The van der Waals surface area contributed by atoms with Crippen LogP contribution in [-0.4, -0.2) is 77.4 Å². The Bertz CT molecular complexity index is 911. The van der Waals surface area contributed by atoms with Gasteiger partial charge in [0, 0.05) is 49.9 Å². The van der Waals surface area contributed by atoms with Gasteiger partial charge in [0.2, 0.25) is 11.9 Å². The molecular formula is C21H25F3N4O4. The monoisotopic (exact) mass is 454 g/mol. The molecule has 1 amide bonds. The molecule has 8 nitrogen and oxygen atoms in total. The van der Waals surface area contributed by atoms with Gasteiger partial charge in [-0.1, -0.05) is 0 Å². The quantitative estimate of drug-likeness (QED) is 0.727. The Hall–Kier alpha value is -2.43. The molecule has 0 aromatic carbocycles. The van der Waals surface area contributed by atoms with E-state index in [-0.39, 0.29) is 5.92 Å². The number of likely N-dealkylation sites (tertiary alicyclic amines) is 1. The molecule has 3 unspecified atom stereocenters. The van der Waals surface area contributed by atoms with Gasteiger partial charge in [-0.05, 0) is 42.6 Å². The molecule has 1 N–H and O–H groups in total. The summed E-state index contributed by atoms with van der Waals surface area (Å²) in [6.45, 7) is 5.51. The first kappa shape index (κ1) is 21.4. The number of hydrogen-bond acceptors (Lipinski definition) is 6. The highest BCUT2D eigenvalue weighted by Gasteiger charge is 2.60. The Kier molecular flexibility index (Phi) is 5.26. The second-order valence-electron chi connectivity index (χ2n) is 9.27. The summed E-state index contributed by atoms with van der Waals surface area (Å²) in [5, 5.41) is 7.12.